The molecule has 0 amide bonds. The Morgan fingerprint density at radius 3 is 1.24 bits per heavy atom. The van der Waals surface area contributed by atoms with Gasteiger partial charge in [0.15, 0.2) is 11.5 Å². The van der Waals surface area contributed by atoms with Crippen LogP contribution in [0.25, 0.3) is 0 Å². The van der Waals surface area contributed by atoms with Crippen molar-refractivity contribution in [3.05, 3.63) is 5.56 Å². The summed E-state index contributed by atoms with van der Waals surface area (Å²) in [4.78, 5) is 11.9. The molecule has 0 atom stereocenters. The van der Waals surface area contributed by atoms with Gasteiger partial charge in [0.2, 0.25) is 17.2 Å². The molecule has 0 aliphatic carbocycles. The number of phenolic OH excluding ortho intramolecular Hbond substituents is 1. The first-order valence-electron chi connectivity index (χ1n) is 18.7. The lowest BCUT2D eigenvalue weighted by molar-refractivity contribution is 0.141. The molecule has 0 spiro atoms. The maximum Gasteiger partial charge on any atom is 0.511 e. The van der Waals surface area contributed by atoms with Crippen LogP contribution in [0.5, 0.6) is 28.7 Å². The summed E-state index contributed by atoms with van der Waals surface area (Å²) in [7, 11) is 0. The highest BCUT2D eigenvalue weighted by atomic mass is 16.7. The molecule has 1 rings (SSSR count). The number of benzene rings is 1. The van der Waals surface area contributed by atoms with E-state index >= 15 is 0 Å². The molecule has 1 aromatic carbocycles. The number of phenols is 1. The van der Waals surface area contributed by atoms with Gasteiger partial charge in [-0.15, -0.1) is 0 Å². The van der Waals surface area contributed by atoms with Crippen LogP contribution in [0.2, 0.25) is 0 Å². The lowest BCUT2D eigenvalue weighted by Gasteiger charge is -2.23. The Hall–Kier alpha value is -2.31. The van der Waals surface area contributed by atoms with Crippen molar-refractivity contribution in [3.8, 4) is 28.7 Å². The van der Waals surface area contributed by atoms with Crippen molar-refractivity contribution >= 4 is 6.16 Å². The minimum Gasteiger partial charge on any atom is -0.502 e. The van der Waals surface area contributed by atoms with Gasteiger partial charge >= 0.3 is 6.16 Å². The summed E-state index contributed by atoms with van der Waals surface area (Å²) in [5, 5.41) is 21.2. The van der Waals surface area contributed by atoms with Crippen molar-refractivity contribution in [2.75, 3.05) is 19.8 Å². The first-order chi connectivity index (χ1) is 22.0. The standard InChI is InChI=1S/C38H68O7/c1-5-9-13-17-18-19-20-24-28-32-34(45-38(40)41)33(39)36(43-30-26-22-15-11-7-3)37(44-31-27-23-16-12-8-4)35(32)42-29-25-21-14-10-6-2/h39H,5-31H2,1-4H3,(H,40,41). The maximum absolute atomic E-state index is 11.9. The SMILES string of the molecule is CCCCCCCCCCc1c(OC(=O)O)c(O)c(OCCCCCCC)c(OCCCCCCC)c1OCCCCCCC. The Kier molecular flexibility index (Phi) is 25.3. The molecule has 7 heteroatoms. The number of hydrogen-bond donors (Lipinski definition) is 2. The number of aromatic hydroxyl groups is 1. The van der Waals surface area contributed by atoms with Crippen molar-refractivity contribution < 1.29 is 34.0 Å². The van der Waals surface area contributed by atoms with Gasteiger partial charge in [0.1, 0.15) is 0 Å². The van der Waals surface area contributed by atoms with Crippen LogP contribution in [0.15, 0.2) is 0 Å². The smallest absolute Gasteiger partial charge is 0.502 e. The Balaban J connectivity index is 3.34. The number of rotatable bonds is 31. The van der Waals surface area contributed by atoms with Gasteiger partial charge in [0, 0.05) is 5.56 Å². The molecule has 0 radical (unpaired) electrons. The first kappa shape index (κ1) is 40.7. The minimum atomic E-state index is -1.47. The van der Waals surface area contributed by atoms with E-state index in [1.807, 2.05) is 0 Å². The summed E-state index contributed by atoms with van der Waals surface area (Å²) in [6.45, 7) is 10.2. The second-order valence-corrected chi connectivity index (χ2v) is 12.5. The fourth-order valence-corrected chi connectivity index (χ4v) is 5.61. The number of carboxylic acid groups (broad SMARTS) is 1. The van der Waals surface area contributed by atoms with Gasteiger partial charge < -0.3 is 29.2 Å². The topological polar surface area (TPSA) is 94.5 Å². The zero-order chi connectivity index (χ0) is 33.0. The second kappa shape index (κ2) is 28.0. The predicted molar refractivity (Wildman–Crippen MR) is 186 cm³/mol. The predicted octanol–water partition coefficient (Wildman–Crippen LogP) is 12.2. The third-order valence-corrected chi connectivity index (χ3v) is 8.34. The van der Waals surface area contributed by atoms with E-state index in [1.165, 1.54) is 64.2 Å². The van der Waals surface area contributed by atoms with Gasteiger partial charge in [-0.2, -0.15) is 0 Å². The van der Waals surface area contributed by atoms with Crippen LogP contribution in [0.1, 0.15) is 181 Å². The van der Waals surface area contributed by atoms with Crippen molar-refractivity contribution in [2.24, 2.45) is 0 Å². The minimum absolute atomic E-state index is 0.0808. The largest absolute Gasteiger partial charge is 0.511 e. The number of hydrogen-bond acceptors (Lipinski definition) is 6. The molecule has 2 N–H and O–H groups in total. The Bertz CT molecular complexity index is 870. The lowest BCUT2D eigenvalue weighted by Crippen LogP contribution is -2.12. The quantitative estimate of drug-likeness (QED) is 0.0475. The molecule has 7 nitrogen and oxygen atoms in total. The van der Waals surface area contributed by atoms with Crippen LogP contribution in [-0.4, -0.2) is 36.2 Å². The first-order valence-corrected chi connectivity index (χ1v) is 18.7. The van der Waals surface area contributed by atoms with E-state index in [0.29, 0.717) is 43.3 Å². The monoisotopic (exact) mass is 636 g/mol. The van der Waals surface area contributed by atoms with Crippen LogP contribution < -0.4 is 18.9 Å². The van der Waals surface area contributed by atoms with E-state index < -0.39 is 6.16 Å². The summed E-state index contributed by atoms with van der Waals surface area (Å²) in [6.07, 6.45) is 24.5. The average molecular weight is 637 g/mol. The van der Waals surface area contributed by atoms with E-state index in [9.17, 15) is 15.0 Å². The van der Waals surface area contributed by atoms with Crippen LogP contribution >= 0.6 is 0 Å². The van der Waals surface area contributed by atoms with E-state index in [4.69, 9.17) is 18.9 Å². The lowest BCUT2D eigenvalue weighted by atomic mass is 10.0. The van der Waals surface area contributed by atoms with Gasteiger partial charge in [0.25, 0.3) is 0 Å². The Labute approximate surface area is 275 Å². The second-order valence-electron chi connectivity index (χ2n) is 12.5. The molecule has 0 saturated heterocycles. The number of unbranched alkanes of at least 4 members (excludes halogenated alkanes) is 19. The molecule has 0 saturated carbocycles. The van der Waals surface area contributed by atoms with Crippen molar-refractivity contribution in [1.29, 1.82) is 0 Å². The van der Waals surface area contributed by atoms with Gasteiger partial charge in [-0.3, -0.25) is 0 Å². The summed E-state index contributed by atoms with van der Waals surface area (Å²) in [5.74, 6) is 0.602. The third kappa shape index (κ3) is 18.4. The zero-order valence-electron chi connectivity index (χ0n) is 29.5. The Morgan fingerprint density at radius 1 is 0.467 bits per heavy atom. The van der Waals surface area contributed by atoms with Gasteiger partial charge in [-0.05, 0) is 32.1 Å². The zero-order valence-corrected chi connectivity index (χ0v) is 29.5. The highest BCUT2D eigenvalue weighted by Crippen LogP contribution is 2.54. The summed E-state index contributed by atoms with van der Waals surface area (Å²) in [6, 6.07) is 0. The summed E-state index contributed by atoms with van der Waals surface area (Å²) >= 11 is 0. The van der Waals surface area contributed by atoms with Crippen LogP contribution in [-0.2, 0) is 6.42 Å². The normalized spacial score (nSPS) is 11.1. The Morgan fingerprint density at radius 2 is 0.822 bits per heavy atom. The fourth-order valence-electron chi connectivity index (χ4n) is 5.61. The molecule has 0 aromatic heterocycles. The molecule has 0 fully saturated rings. The molecule has 0 aliphatic rings. The highest BCUT2D eigenvalue weighted by Gasteiger charge is 2.30. The molecule has 0 unspecified atom stereocenters. The fraction of sp³-hybridized carbons (Fsp3) is 0.816. The van der Waals surface area contributed by atoms with E-state index in [0.717, 1.165) is 83.5 Å². The molecular weight excluding hydrogens is 568 g/mol. The molecule has 0 aliphatic heterocycles. The molecule has 0 heterocycles. The van der Waals surface area contributed by atoms with Crippen LogP contribution in [0.4, 0.5) is 4.79 Å². The molecule has 262 valence electrons. The van der Waals surface area contributed by atoms with Crippen LogP contribution in [0.3, 0.4) is 0 Å². The van der Waals surface area contributed by atoms with E-state index in [-0.39, 0.29) is 17.2 Å². The van der Waals surface area contributed by atoms with Crippen molar-refractivity contribution in [3.63, 3.8) is 0 Å². The van der Waals surface area contributed by atoms with Gasteiger partial charge in [0.05, 0.1) is 19.8 Å². The molecule has 0 bridgehead atoms. The van der Waals surface area contributed by atoms with Crippen molar-refractivity contribution in [2.45, 2.75) is 182 Å². The van der Waals surface area contributed by atoms with Crippen molar-refractivity contribution in [1.82, 2.24) is 0 Å². The van der Waals surface area contributed by atoms with E-state index in [2.05, 4.69) is 27.7 Å². The third-order valence-electron chi connectivity index (χ3n) is 8.34. The maximum atomic E-state index is 11.9. The molecule has 1 aromatic rings. The molecule has 45 heavy (non-hydrogen) atoms. The number of carbonyl (C=O) groups is 1. The van der Waals surface area contributed by atoms with Gasteiger partial charge in [-0.1, -0.05) is 150 Å². The van der Waals surface area contributed by atoms with Crippen LogP contribution in [0, 0.1) is 0 Å². The van der Waals surface area contributed by atoms with Gasteiger partial charge in [-0.25, -0.2) is 4.79 Å². The summed E-state index contributed by atoms with van der Waals surface area (Å²) < 4.78 is 24.3. The average Bonchev–Trinajstić information content (AvgIpc) is 3.02. The highest BCUT2D eigenvalue weighted by molar-refractivity contribution is 5.73. The summed E-state index contributed by atoms with van der Waals surface area (Å²) in [5.41, 5.74) is 0.561. The number of ether oxygens (including phenoxy) is 4. The molecular formula is C38H68O7. The van der Waals surface area contributed by atoms with E-state index in [1.54, 1.807) is 0 Å².